The van der Waals surface area contributed by atoms with Crippen LogP contribution in [-0.4, -0.2) is 21.0 Å². The van der Waals surface area contributed by atoms with E-state index in [4.69, 9.17) is 0 Å². The van der Waals surface area contributed by atoms with Crippen LogP contribution in [0.2, 0.25) is 0 Å². The Morgan fingerprint density at radius 3 is 2.35 bits per heavy atom. The van der Waals surface area contributed by atoms with Crippen LogP contribution in [0.15, 0.2) is 42.6 Å². The molecule has 0 fully saturated rings. The Labute approximate surface area is 112 Å². The van der Waals surface area contributed by atoms with Gasteiger partial charge in [0.2, 0.25) is 0 Å². The van der Waals surface area contributed by atoms with E-state index >= 15 is 0 Å². The van der Waals surface area contributed by atoms with E-state index < -0.39 is 22.6 Å². The summed E-state index contributed by atoms with van der Waals surface area (Å²) in [5.74, 6) is -2.75. The molecule has 0 aliphatic carbocycles. The number of benzene rings is 1. The molecule has 1 unspecified atom stereocenters. The first-order valence-corrected chi connectivity index (χ1v) is 5.57. The molecule has 0 amide bonds. The molecule has 0 saturated carbocycles. The largest absolute Gasteiger partial charge is 0.480 e. The predicted octanol–water partition coefficient (Wildman–Crippen LogP) is 2.35. The van der Waals surface area contributed by atoms with Crippen molar-refractivity contribution in [3.63, 3.8) is 0 Å². The van der Waals surface area contributed by atoms with Gasteiger partial charge >= 0.3 is 5.97 Å². The van der Waals surface area contributed by atoms with Crippen LogP contribution in [0.1, 0.15) is 17.2 Å². The molecular weight excluding hydrogens is 267 g/mol. The summed E-state index contributed by atoms with van der Waals surface area (Å²) in [4.78, 5) is 25.1. The maximum absolute atomic E-state index is 12.9. The number of nitrogens with zero attached hydrogens (tertiary/aromatic N) is 2. The van der Waals surface area contributed by atoms with Crippen molar-refractivity contribution in [2.45, 2.75) is 5.92 Å². The Morgan fingerprint density at radius 2 is 1.90 bits per heavy atom. The highest BCUT2D eigenvalue weighted by Gasteiger charge is 2.24. The smallest absolute Gasteiger partial charge is 0.317 e. The molecule has 7 heteroatoms. The van der Waals surface area contributed by atoms with Crippen LogP contribution in [0.5, 0.6) is 0 Å². The van der Waals surface area contributed by atoms with Gasteiger partial charge in [0, 0.05) is 6.07 Å². The monoisotopic (exact) mass is 276 g/mol. The fourth-order valence-electron chi connectivity index (χ4n) is 1.77. The highest BCUT2D eigenvalue weighted by Crippen LogP contribution is 2.24. The third-order valence-electron chi connectivity index (χ3n) is 2.73. The topological polar surface area (TPSA) is 93.3 Å². The SMILES string of the molecule is O=C(O)C(c1ccc(F)cc1)c1ccc([N+](=O)[O-])cn1. The molecule has 1 aromatic heterocycles. The van der Waals surface area contributed by atoms with E-state index in [1.54, 1.807) is 0 Å². The second-order valence-electron chi connectivity index (χ2n) is 4.02. The standard InChI is InChI=1S/C13H9FN2O4/c14-9-3-1-8(2-4-9)12(13(17)18)11-6-5-10(7-15-11)16(19)20/h1-7,12H,(H,17,18). The van der Waals surface area contributed by atoms with Crippen LogP contribution in [0.25, 0.3) is 0 Å². The number of carboxylic acids is 1. The molecule has 2 aromatic rings. The molecule has 102 valence electrons. The lowest BCUT2D eigenvalue weighted by Gasteiger charge is -2.11. The number of hydrogen-bond acceptors (Lipinski definition) is 4. The number of halogens is 1. The quantitative estimate of drug-likeness (QED) is 0.683. The van der Waals surface area contributed by atoms with E-state index in [1.165, 1.54) is 24.3 Å². The van der Waals surface area contributed by atoms with Crippen molar-refractivity contribution < 1.29 is 19.2 Å². The zero-order valence-electron chi connectivity index (χ0n) is 10.1. The fourth-order valence-corrected chi connectivity index (χ4v) is 1.77. The van der Waals surface area contributed by atoms with Gasteiger partial charge < -0.3 is 5.11 Å². The summed E-state index contributed by atoms with van der Waals surface area (Å²) in [7, 11) is 0. The first kappa shape index (κ1) is 13.6. The van der Waals surface area contributed by atoms with Gasteiger partial charge in [-0.05, 0) is 23.8 Å². The van der Waals surface area contributed by atoms with Crippen LogP contribution in [0, 0.1) is 15.9 Å². The minimum absolute atomic E-state index is 0.148. The third kappa shape index (κ3) is 2.77. The Kier molecular flexibility index (Phi) is 3.69. The summed E-state index contributed by atoms with van der Waals surface area (Å²) < 4.78 is 12.9. The Morgan fingerprint density at radius 1 is 1.25 bits per heavy atom. The number of carboxylic acid groups (broad SMARTS) is 1. The number of carbonyl (C=O) groups is 1. The maximum atomic E-state index is 12.9. The average Bonchev–Trinajstić information content (AvgIpc) is 2.41. The molecule has 1 N–H and O–H groups in total. The van der Waals surface area contributed by atoms with Crippen LogP contribution < -0.4 is 0 Å². The molecular formula is C13H9FN2O4. The predicted molar refractivity (Wildman–Crippen MR) is 66.8 cm³/mol. The zero-order chi connectivity index (χ0) is 14.7. The molecule has 0 saturated heterocycles. The van der Waals surface area contributed by atoms with Crippen LogP contribution in [0.3, 0.4) is 0 Å². The van der Waals surface area contributed by atoms with Gasteiger partial charge in [-0.2, -0.15) is 0 Å². The molecule has 6 nitrogen and oxygen atoms in total. The summed E-state index contributed by atoms with van der Waals surface area (Å²) in [6.45, 7) is 0. The summed E-state index contributed by atoms with van der Waals surface area (Å²) in [6, 6.07) is 7.45. The van der Waals surface area contributed by atoms with Gasteiger partial charge in [-0.25, -0.2) is 4.39 Å². The third-order valence-corrected chi connectivity index (χ3v) is 2.73. The molecule has 0 radical (unpaired) electrons. The highest BCUT2D eigenvalue weighted by atomic mass is 19.1. The molecule has 20 heavy (non-hydrogen) atoms. The molecule has 1 atom stereocenters. The zero-order valence-corrected chi connectivity index (χ0v) is 10.1. The molecule has 1 aromatic carbocycles. The van der Waals surface area contributed by atoms with Crippen molar-refractivity contribution in [2.24, 2.45) is 0 Å². The Hall–Kier alpha value is -2.83. The number of nitro groups is 1. The first-order valence-electron chi connectivity index (χ1n) is 5.57. The summed E-state index contributed by atoms with van der Waals surface area (Å²) in [5, 5.41) is 19.8. The molecule has 1 heterocycles. The highest BCUT2D eigenvalue weighted by molar-refractivity contribution is 5.79. The summed E-state index contributed by atoms with van der Waals surface area (Å²) in [5.41, 5.74) is 0.270. The number of pyridine rings is 1. The minimum Gasteiger partial charge on any atom is -0.480 e. The van der Waals surface area contributed by atoms with Crippen molar-refractivity contribution >= 4 is 11.7 Å². The second kappa shape index (κ2) is 5.43. The van der Waals surface area contributed by atoms with Gasteiger partial charge in [-0.15, -0.1) is 0 Å². The molecule has 0 aliphatic rings. The number of rotatable bonds is 4. The van der Waals surface area contributed by atoms with Gasteiger partial charge in [0.15, 0.2) is 0 Å². The second-order valence-corrected chi connectivity index (χ2v) is 4.02. The van der Waals surface area contributed by atoms with Gasteiger partial charge in [0.05, 0.1) is 10.6 Å². The summed E-state index contributed by atoms with van der Waals surface area (Å²) >= 11 is 0. The van der Waals surface area contributed by atoms with E-state index in [1.807, 2.05) is 0 Å². The van der Waals surface area contributed by atoms with E-state index in [9.17, 15) is 24.4 Å². The molecule has 0 spiro atoms. The first-order chi connectivity index (χ1) is 9.49. The van der Waals surface area contributed by atoms with E-state index in [2.05, 4.69) is 4.98 Å². The molecule has 0 bridgehead atoms. The van der Waals surface area contributed by atoms with Gasteiger partial charge in [0.1, 0.15) is 17.9 Å². The van der Waals surface area contributed by atoms with Crippen molar-refractivity contribution in [1.29, 1.82) is 0 Å². The number of hydrogen-bond donors (Lipinski definition) is 1. The lowest BCUT2D eigenvalue weighted by molar-refractivity contribution is -0.385. The van der Waals surface area contributed by atoms with E-state index in [0.29, 0.717) is 5.56 Å². The van der Waals surface area contributed by atoms with Gasteiger partial charge in [0.25, 0.3) is 5.69 Å². The van der Waals surface area contributed by atoms with Crippen molar-refractivity contribution in [3.05, 3.63) is 69.8 Å². The lowest BCUT2D eigenvalue weighted by Crippen LogP contribution is -2.14. The van der Waals surface area contributed by atoms with Crippen molar-refractivity contribution in [1.82, 2.24) is 4.98 Å². The van der Waals surface area contributed by atoms with Crippen molar-refractivity contribution in [3.8, 4) is 0 Å². The van der Waals surface area contributed by atoms with Gasteiger partial charge in [-0.1, -0.05) is 12.1 Å². The van der Waals surface area contributed by atoms with Gasteiger partial charge in [-0.3, -0.25) is 19.9 Å². The number of aliphatic carboxylic acids is 1. The van der Waals surface area contributed by atoms with Crippen LogP contribution in [-0.2, 0) is 4.79 Å². The summed E-state index contributed by atoms with van der Waals surface area (Å²) in [6.07, 6.45) is 0.995. The van der Waals surface area contributed by atoms with Crippen molar-refractivity contribution in [2.75, 3.05) is 0 Å². The fraction of sp³-hybridized carbons (Fsp3) is 0.0769. The maximum Gasteiger partial charge on any atom is 0.317 e. The minimum atomic E-state index is -1.17. The van der Waals surface area contributed by atoms with Crippen LogP contribution >= 0.6 is 0 Å². The number of aromatic nitrogens is 1. The average molecular weight is 276 g/mol. The Balaban J connectivity index is 2.40. The normalized spacial score (nSPS) is 11.8. The van der Waals surface area contributed by atoms with E-state index in [-0.39, 0.29) is 11.4 Å². The van der Waals surface area contributed by atoms with Crippen LogP contribution in [0.4, 0.5) is 10.1 Å². The molecule has 2 rings (SSSR count). The van der Waals surface area contributed by atoms with E-state index in [0.717, 1.165) is 18.3 Å². The lowest BCUT2D eigenvalue weighted by atomic mass is 9.95. The Bertz CT molecular complexity index is 640. The molecule has 0 aliphatic heterocycles.